The maximum Gasteiger partial charge on any atom is 0.165 e. The summed E-state index contributed by atoms with van der Waals surface area (Å²) in [5.74, 6) is 13.9. The molecule has 0 fully saturated rings. The number of nitrogens with one attached hydrogen (secondary N) is 1. The third-order valence-corrected chi connectivity index (χ3v) is 5.64. The average molecular weight is 407 g/mol. The predicted octanol–water partition coefficient (Wildman–Crippen LogP) is 2.74. The van der Waals surface area contributed by atoms with Crippen molar-refractivity contribution in [3.05, 3.63) is 65.2 Å². The average Bonchev–Trinajstić information content (AvgIpc) is 3.08. The highest BCUT2D eigenvalue weighted by Gasteiger charge is 2.40. The van der Waals surface area contributed by atoms with Crippen molar-refractivity contribution in [2.24, 2.45) is 24.5 Å². The maximum absolute atomic E-state index is 6.43. The number of benzene rings is 2. The zero-order valence-corrected chi connectivity index (χ0v) is 17.9. The summed E-state index contributed by atoms with van der Waals surface area (Å²) in [6.07, 6.45) is -1.10. The highest BCUT2D eigenvalue weighted by molar-refractivity contribution is 5.73. The molecule has 2 heterocycles. The Labute approximate surface area is 177 Å². The topological polar surface area (TPSA) is 114 Å². The van der Waals surface area contributed by atoms with Gasteiger partial charge >= 0.3 is 0 Å². The van der Waals surface area contributed by atoms with Crippen LogP contribution in [0.15, 0.2) is 48.5 Å². The number of nitrogens with zero attached hydrogens (tertiary/aromatic N) is 4. The number of hydrogen-bond acceptors (Lipinski definition) is 7. The van der Waals surface area contributed by atoms with Crippen molar-refractivity contribution in [2.75, 3.05) is 10.3 Å². The summed E-state index contributed by atoms with van der Waals surface area (Å²) in [7, 11) is 1.87. The van der Waals surface area contributed by atoms with Crippen LogP contribution in [0.1, 0.15) is 42.6 Å². The van der Waals surface area contributed by atoms with Crippen LogP contribution in [0.25, 0.3) is 11.3 Å². The van der Waals surface area contributed by atoms with Gasteiger partial charge in [-0.1, -0.05) is 49.7 Å². The number of aromatic nitrogens is 2. The first kappa shape index (κ1) is 20.4. The lowest BCUT2D eigenvalue weighted by Gasteiger charge is -2.43. The normalized spacial score (nSPS) is 19.3. The van der Waals surface area contributed by atoms with E-state index in [9.17, 15) is 0 Å². The Bertz CT molecular complexity index is 1040. The molecule has 7 N–H and O–H groups in total. The summed E-state index contributed by atoms with van der Waals surface area (Å²) in [4.78, 5) is 0. The molecular weight excluding hydrogens is 376 g/mol. The van der Waals surface area contributed by atoms with Gasteiger partial charge in [-0.3, -0.25) is 21.3 Å². The monoisotopic (exact) mass is 406 g/mol. The molecule has 158 valence electrons. The van der Waals surface area contributed by atoms with Crippen molar-refractivity contribution in [2.45, 2.75) is 39.1 Å². The van der Waals surface area contributed by atoms with Gasteiger partial charge in [0.2, 0.25) is 0 Å². The molecule has 8 nitrogen and oxygen atoms in total. The molecule has 0 saturated carbocycles. The molecule has 0 saturated heterocycles. The fourth-order valence-electron chi connectivity index (χ4n) is 3.87. The molecule has 2 aromatic carbocycles. The molecular formula is C22H30N8. The lowest BCUT2D eigenvalue weighted by molar-refractivity contribution is 0.136. The molecule has 0 aliphatic carbocycles. The Kier molecular flexibility index (Phi) is 5.25. The zero-order chi connectivity index (χ0) is 21.6. The third-order valence-electron chi connectivity index (χ3n) is 5.64. The van der Waals surface area contributed by atoms with Crippen molar-refractivity contribution in [3.63, 3.8) is 0 Å². The molecule has 2 atom stereocenters. The number of rotatable bonds is 4. The summed E-state index contributed by atoms with van der Waals surface area (Å²) in [5, 5.41) is 11.3. The number of hydrogen-bond donors (Lipinski definition) is 4. The van der Waals surface area contributed by atoms with Gasteiger partial charge in [-0.25, -0.2) is 5.84 Å². The lowest BCUT2D eigenvalue weighted by Crippen LogP contribution is -2.65. The number of aryl methyl sites for hydroxylation is 2. The summed E-state index contributed by atoms with van der Waals surface area (Å²) < 4.78 is 1.77. The molecule has 4 rings (SSSR count). The van der Waals surface area contributed by atoms with Crippen LogP contribution in [-0.4, -0.2) is 21.1 Å². The van der Waals surface area contributed by atoms with E-state index in [0.29, 0.717) is 5.92 Å². The van der Waals surface area contributed by atoms with E-state index in [1.165, 1.54) is 21.1 Å². The van der Waals surface area contributed by atoms with E-state index in [2.05, 4.69) is 62.5 Å². The molecule has 8 heteroatoms. The van der Waals surface area contributed by atoms with E-state index in [0.717, 1.165) is 28.3 Å². The van der Waals surface area contributed by atoms with Crippen LogP contribution in [0, 0.1) is 6.92 Å². The van der Waals surface area contributed by atoms with Gasteiger partial charge in [-0.15, -0.1) is 0 Å². The van der Waals surface area contributed by atoms with Gasteiger partial charge in [-0.05, 0) is 36.6 Å². The van der Waals surface area contributed by atoms with Crippen molar-refractivity contribution in [1.82, 2.24) is 14.8 Å². The van der Waals surface area contributed by atoms with Crippen LogP contribution in [0.5, 0.6) is 0 Å². The summed E-state index contributed by atoms with van der Waals surface area (Å²) in [6.45, 7) is 6.41. The largest absolute Gasteiger partial charge is 0.365 e. The molecule has 1 aliphatic heterocycles. The standard InChI is InChI=1S/C22H30N8/c1-13(2)15-6-5-7-16(12-15)19-18-20(26-17-10-8-14(3)9-11-17)29(24)22(23)30(25)21(18)28(4)27-19/h5-13,20,22,26H,23-25H2,1-4H3. The fraction of sp³-hybridized carbons (Fsp3) is 0.318. The molecule has 1 aliphatic rings. The second kappa shape index (κ2) is 7.73. The highest BCUT2D eigenvalue weighted by Crippen LogP contribution is 2.41. The Morgan fingerprint density at radius 1 is 1.07 bits per heavy atom. The van der Waals surface area contributed by atoms with E-state index >= 15 is 0 Å². The first-order valence-electron chi connectivity index (χ1n) is 10.1. The number of nitrogens with two attached hydrogens (primary N) is 3. The molecule has 1 aromatic heterocycles. The van der Waals surface area contributed by atoms with Crippen LogP contribution < -0.4 is 27.7 Å². The van der Waals surface area contributed by atoms with Gasteiger partial charge in [0.15, 0.2) is 12.1 Å². The maximum atomic E-state index is 6.43. The molecule has 2 unspecified atom stereocenters. The van der Waals surface area contributed by atoms with Crippen molar-refractivity contribution in [1.29, 1.82) is 0 Å². The Balaban J connectivity index is 1.86. The Morgan fingerprint density at radius 3 is 2.43 bits per heavy atom. The first-order chi connectivity index (χ1) is 14.3. The Morgan fingerprint density at radius 2 is 1.77 bits per heavy atom. The molecule has 0 amide bonds. The predicted molar refractivity (Wildman–Crippen MR) is 121 cm³/mol. The van der Waals surface area contributed by atoms with Gasteiger partial charge in [0.25, 0.3) is 0 Å². The quantitative estimate of drug-likeness (QED) is 0.493. The molecule has 0 spiro atoms. The smallest absolute Gasteiger partial charge is 0.165 e. The van der Waals surface area contributed by atoms with Crippen molar-refractivity contribution in [3.8, 4) is 11.3 Å². The van der Waals surface area contributed by atoms with Gasteiger partial charge in [-0.2, -0.15) is 10.1 Å². The van der Waals surface area contributed by atoms with Crippen molar-refractivity contribution >= 4 is 11.5 Å². The van der Waals surface area contributed by atoms with Gasteiger partial charge in [0.05, 0.1) is 5.56 Å². The molecule has 0 bridgehead atoms. The first-order valence-corrected chi connectivity index (χ1v) is 10.1. The van der Waals surface area contributed by atoms with Crippen LogP contribution >= 0.6 is 0 Å². The molecule has 30 heavy (non-hydrogen) atoms. The van der Waals surface area contributed by atoms with E-state index in [-0.39, 0.29) is 0 Å². The second-order valence-electron chi connectivity index (χ2n) is 8.17. The van der Waals surface area contributed by atoms with Crippen LogP contribution in [-0.2, 0) is 7.05 Å². The SMILES string of the molecule is Cc1ccc(NC2c3c(-c4cccc(C(C)C)c4)nn(C)c3N(N)C(N)N2N)cc1. The zero-order valence-electron chi connectivity index (χ0n) is 17.9. The van der Waals surface area contributed by atoms with Crippen LogP contribution in [0.2, 0.25) is 0 Å². The minimum Gasteiger partial charge on any atom is -0.365 e. The van der Waals surface area contributed by atoms with E-state index in [1.807, 2.05) is 19.2 Å². The van der Waals surface area contributed by atoms with Gasteiger partial charge in [0, 0.05) is 18.3 Å². The highest BCUT2D eigenvalue weighted by atomic mass is 15.7. The Hall–Kier alpha value is -2.91. The molecule has 0 radical (unpaired) electrons. The van der Waals surface area contributed by atoms with E-state index in [4.69, 9.17) is 22.5 Å². The van der Waals surface area contributed by atoms with E-state index < -0.39 is 12.5 Å². The van der Waals surface area contributed by atoms with Gasteiger partial charge in [0.1, 0.15) is 11.9 Å². The third kappa shape index (κ3) is 3.44. The van der Waals surface area contributed by atoms with Crippen LogP contribution in [0.3, 0.4) is 0 Å². The van der Waals surface area contributed by atoms with E-state index in [1.54, 1.807) is 4.68 Å². The number of anilines is 2. The minimum atomic E-state index is -0.703. The number of hydrazine groups is 2. The van der Waals surface area contributed by atoms with Crippen LogP contribution in [0.4, 0.5) is 11.5 Å². The minimum absolute atomic E-state index is 0.399. The summed E-state index contributed by atoms with van der Waals surface area (Å²) in [5.41, 5.74) is 12.4. The summed E-state index contributed by atoms with van der Waals surface area (Å²) in [6, 6.07) is 16.6. The molecule has 3 aromatic rings. The fourth-order valence-corrected chi connectivity index (χ4v) is 3.87. The van der Waals surface area contributed by atoms with Crippen molar-refractivity contribution < 1.29 is 0 Å². The van der Waals surface area contributed by atoms with Gasteiger partial charge < -0.3 is 5.32 Å². The summed E-state index contributed by atoms with van der Waals surface area (Å²) >= 11 is 0. The second-order valence-corrected chi connectivity index (χ2v) is 8.17. The lowest BCUT2D eigenvalue weighted by atomic mass is 9.97. The number of fused-ring (bicyclic) bond motifs is 1.